The lowest BCUT2D eigenvalue weighted by atomic mass is 9.93. The number of pyridine rings is 2. The maximum atomic E-state index is 5.27. The Bertz CT molecular complexity index is 4560. The molecule has 0 aliphatic heterocycles. The molecule has 0 atom stereocenters. The van der Waals surface area contributed by atoms with Gasteiger partial charge in [-0.3, -0.25) is 0 Å². The van der Waals surface area contributed by atoms with Gasteiger partial charge in [-0.05, 0) is 92.7 Å². The molecule has 3 aromatic heterocycles. The van der Waals surface area contributed by atoms with Crippen LogP contribution in [0.2, 0.25) is 0 Å². The van der Waals surface area contributed by atoms with Crippen LogP contribution in [0.3, 0.4) is 0 Å². The standard InChI is InChI=1S/C39H24N2.C28H19N/c1-2-11-27-24-28(21-20-25(27)10-1)39-32-23-22-26-12-9-19-36(37(26)38(32)31-15-3-6-16-33(31)40-39)41-34-17-7-4-13-29(34)30-14-5-8-18-35(30)41;1-18-7-6-10-20-15-16-24-27(26(18)20)23-11-4-5-12-25(23)29-28(24)22-14-13-19-8-2-3-9-21(19)17-22/h1-24H;2-17H,1H3. The molecule has 0 radical (unpaired) electrons. The number of benzene rings is 12. The van der Waals surface area contributed by atoms with Crippen LogP contribution in [0.4, 0.5) is 0 Å². The molecular weight excluding hydrogens is 847 g/mol. The number of rotatable bonds is 3. The van der Waals surface area contributed by atoms with Crippen LogP contribution in [0.15, 0.2) is 243 Å². The van der Waals surface area contributed by atoms with Crippen molar-refractivity contribution in [1.82, 2.24) is 14.5 Å². The van der Waals surface area contributed by atoms with Gasteiger partial charge in [-0.2, -0.15) is 0 Å². The summed E-state index contributed by atoms with van der Waals surface area (Å²) in [7, 11) is 0. The zero-order valence-electron chi connectivity index (χ0n) is 38.4. The van der Waals surface area contributed by atoms with E-state index in [0.29, 0.717) is 0 Å². The minimum Gasteiger partial charge on any atom is -0.309 e. The summed E-state index contributed by atoms with van der Waals surface area (Å²) in [6, 6.07) is 87.1. The first-order valence-electron chi connectivity index (χ1n) is 24.1. The van der Waals surface area contributed by atoms with Crippen molar-refractivity contribution in [3.63, 3.8) is 0 Å². The van der Waals surface area contributed by atoms with Crippen LogP contribution in [-0.2, 0) is 0 Å². The Kier molecular flexibility index (Phi) is 9.11. The highest BCUT2D eigenvalue weighted by Crippen LogP contribution is 2.43. The molecule has 0 amide bonds. The molecule has 326 valence electrons. The van der Waals surface area contributed by atoms with Crippen molar-refractivity contribution in [3.8, 4) is 28.2 Å². The predicted octanol–water partition coefficient (Wildman–Crippen LogP) is 18.1. The quantitative estimate of drug-likeness (QED) is 0.166. The van der Waals surface area contributed by atoms with Crippen molar-refractivity contribution < 1.29 is 0 Å². The van der Waals surface area contributed by atoms with Gasteiger partial charge in [-0.1, -0.05) is 200 Å². The molecule has 0 saturated carbocycles. The van der Waals surface area contributed by atoms with Crippen LogP contribution >= 0.6 is 0 Å². The minimum absolute atomic E-state index is 1.01. The second kappa shape index (κ2) is 16.0. The Morgan fingerprint density at radius 2 is 0.700 bits per heavy atom. The number of nitrogens with zero attached hydrogens (tertiary/aromatic N) is 3. The Morgan fingerprint density at radius 1 is 0.286 bits per heavy atom. The van der Waals surface area contributed by atoms with Gasteiger partial charge in [0.2, 0.25) is 0 Å². The van der Waals surface area contributed by atoms with E-state index < -0.39 is 0 Å². The molecule has 0 N–H and O–H groups in total. The lowest BCUT2D eigenvalue weighted by Gasteiger charge is -2.17. The van der Waals surface area contributed by atoms with E-state index >= 15 is 0 Å². The summed E-state index contributed by atoms with van der Waals surface area (Å²) >= 11 is 0. The normalized spacial score (nSPS) is 11.8. The topological polar surface area (TPSA) is 30.7 Å². The van der Waals surface area contributed by atoms with E-state index in [4.69, 9.17) is 9.97 Å². The van der Waals surface area contributed by atoms with E-state index in [0.717, 1.165) is 33.5 Å². The molecule has 15 rings (SSSR count). The lowest BCUT2D eigenvalue weighted by molar-refractivity contribution is 1.20. The highest BCUT2D eigenvalue weighted by Gasteiger charge is 2.20. The van der Waals surface area contributed by atoms with Crippen LogP contribution in [0.5, 0.6) is 0 Å². The van der Waals surface area contributed by atoms with Crippen molar-refractivity contribution in [2.45, 2.75) is 6.92 Å². The molecule has 70 heavy (non-hydrogen) atoms. The van der Waals surface area contributed by atoms with Crippen molar-refractivity contribution >= 4 is 108 Å². The van der Waals surface area contributed by atoms with Gasteiger partial charge in [0.15, 0.2) is 0 Å². The van der Waals surface area contributed by atoms with Gasteiger partial charge in [0, 0.05) is 59.6 Å². The second-order valence-corrected chi connectivity index (χ2v) is 18.5. The summed E-state index contributed by atoms with van der Waals surface area (Å²) in [5.41, 5.74) is 11.3. The van der Waals surface area contributed by atoms with Gasteiger partial charge in [0.05, 0.1) is 39.1 Å². The highest BCUT2D eigenvalue weighted by molar-refractivity contribution is 6.26. The lowest BCUT2D eigenvalue weighted by Crippen LogP contribution is -1.97. The number of fused-ring (bicyclic) bond motifs is 15. The largest absolute Gasteiger partial charge is 0.309 e. The second-order valence-electron chi connectivity index (χ2n) is 18.5. The zero-order chi connectivity index (χ0) is 46.3. The molecule has 15 aromatic rings. The molecule has 0 fully saturated rings. The van der Waals surface area contributed by atoms with Gasteiger partial charge in [-0.15, -0.1) is 0 Å². The monoisotopic (exact) mass is 889 g/mol. The van der Waals surface area contributed by atoms with Gasteiger partial charge in [-0.25, -0.2) is 9.97 Å². The van der Waals surface area contributed by atoms with Crippen LogP contribution in [0.1, 0.15) is 5.56 Å². The summed E-state index contributed by atoms with van der Waals surface area (Å²) in [5, 5.41) is 19.9. The fourth-order valence-electron chi connectivity index (χ4n) is 11.3. The SMILES string of the molecule is Cc1cccc2ccc3c(-c4ccc5ccccc5c4)nc4ccccc4c3c12.c1ccc2cc(-c3nc4ccccc4c4c3ccc3cccc(-n5c6ccccc6c6ccccc65)c34)ccc2c1. The van der Waals surface area contributed by atoms with E-state index in [1.165, 1.54) is 108 Å². The molecule has 12 aromatic carbocycles. The smallest absolute Gasteiger partial charge is 0.0788 e. The maximum Gasteiger partial charge on any atom is 0.0788 e. The Hall–Kier alpha value is -9.18. The summed E-state index contributed by atoms with van der Waals surface area (Å²) in [6.45, 7) is 2.20. The Labute approximate surface area is 404 Å². The van der Waals surface area contributed by atoms with E-state index in [9.17, 15) is 0 Å². The van der Waals surface area contributed by atoms with E-state index in [1.54, 1.807) is 0 Å². The predicted molar refractivity (Wildman–Crippen MR) is 298 cm³/mol. The van der Waals surface area contributed by atoms with Crippen molar-refractivity contribution in [2.75, 3.05) is 0 Å². The molecule has 0 spiro atoms. The molecule has 0 unspecified atom stereocenters. The number of para-hydroxylation sites is 4. The molecule has 0 bridgehead atoms. The Morgan fingerprint density at radius 3 is 1.26 bits per heavy atom. The van der Waals surface area contributed by atoms with Gasteiger partial charge in [0.1, 0.15) is 0 Å². The Balaban J connectivity index is 0.000000139. The first kappa shape index (κ1) is 39.9. The number of hydrogen-bond donors (Lipinski definition) is 0. The van der Waals surface area contributed by atoms with Crippen LogP contribution in [0.25, 0.3) is 136 Å². The van der Waals surface area contributed by atoms with Crippen molar-refractivity contribution in [2.24, 2.45) is 0 Å². The average molecular weight is 890 g/mol. The summed E-state index contributed by atoms with van der Waals surface area (Å²) < 4.78 is 2.44. The first-order valence-corrected chi connectivity index (χ1v) is 24.1. The van der Waals surface area contributed by atoms with E-state index in [1.807, 2.05) is 0 Å². The van der Waals surface area contributed by atoms with E-state index in [2.05, 4.69) is 254 Å². The van der Waals surface area contributed by atoms with Gasteiger partial charge >= 0.3 is 0 Å². The van der Waals surface area contributed by atoms with Gasteiger partial charge in [0.25, 0.3) is 0 Å². The number of hydrogen-bond acceptors (Lipinski definition) is 2. The average Bonchev–Trinajstić information content (AvgIpc) is 3.76. The minimum atomic E-state index is 1.01. The zero-order valence-corrected chi connectivity index (χ0v) is 38.4. The molecule has 3 heterocycles. The van der Waals surface area contributed by atoms with Crippen molar-refractivity contribution in [3.05, 3.63) is 248 Å². The molecule has 3 nitrogen and oxygen atoms in total. The van der Waals surface area contributed by atoms with Crippen LogP contribution in [0, 0.1) is 6.92 Å². The first-order chi connectivity index (χ1) is 34.6. The number of aryl methyl sites for hydroxylation is 1. The molecule has 0 saturated heterocycles. The summed E-state index contributed by atoms with van der Waals surface area (Å²) in [4.78, 5) is 10.4. The molecular formula is C67H43N3. The van der Waals surface area contributed by atoms with Gasteiger partial charge < -0.3 is 4.57 Å². The third kappa shape index (κ3) is 6.29. The number of aromatic nitrogens is 3. The maximum absolute atomic E-state index is 5.27. The highest BCUT2D eigenvalue weighted by atomic mass is 15.0. The third-order valence-electron chi connectivity index (χ3n) is 14.5. The van der Waals surface area contributed by atoms with Crippen LogP contribution in [-0.4, -0.2) is 14.5 Å². The van der Waals surface area contributed by atoms with Crippen molar-refractivity contribution in [1.29, 1.82) is 0 Å². The molecule has 0 aliphatic rings. The van der Waals surface area contributed by atoms with E-state index in [-0.39, 0.29) is 0 Å². The summed E-state index contributed by atoms with van der Waals surface area (Å²) in [5.74, 6) is 0. The molecule has 3 heteroatoms. The summed E-state index contributed by atoms with van der Waals surface area (Å²) in [6.07, 6.45) is 0. The van der Waals surface area contributed by atoms with Crippen LogP contribution < -0.4 is 0 Å². The fraction of sp³-hybridized carbons (Fsp3) is 0.0149. The fourth-order valence-corrected chi connectivity index (χ4v) is 11.3. The molecule has 0 aliphatic carbocycles. The third-order valence-corrected chi connectivity index (χ3v) is 14.5.